The van der Waals surface area contributed by atoms with Crippen LogP contribution in [0.25, 0.3) is 21.9 Å². The number of hydrogen-bond acceptors (Lipinski definition) is 6. The van der Waals surface area contributed by atoms with Crippen LogP contribution in [0.3, 0.4) is 0 Å². The average molecular weight is 413 g/mol. The number of rotatable bonds is 6. The van der Waals surface area contributed by atoms with E-state index >= 15 is 0 Å². The second kappa shape index (κ2) is 8.86. The van der Waals surface area contributed by atoms with Crippen molar-refractivity contribution in [1.82, 2.24) is 15.2 Å². The zero-order chi connectivity index (χ0) is 21.8. The topological polar surface area (TPSA) is 104 Å². The highest BCUT2D eigenvalue weighted by Gasteiger charge is 2.33. The lowest BCUT2D eigenvalue weighted by Gasteiger charge is -2.39. The molecule has 1 aromatic heterocycles. The Balaban J connectivity index is 1.58. The lowest BCUT2D eigenvalue weighted by atomic mass is 10.00. The van der Waals surface area contributed by atoms with Crippen LogP contribution < -0.4 is 15.8 Å². The molecule has 1 saturated heterocycles. The van der Waals surface area contributed by atoms with Gasteiger partial charge in [-0.25, -0.2) is 0 Å². The Morgan fingerprint density at radius 2 is 2.16 bits per heavy atom. The molecule has 1 aliphatic rings. The molecule has 0 bridgehead atoms. The summed E-state index contributed by atoms with van der Waals surface area (Å²) in [6.45, 7) is 1.30. The van der Waals surface area contributed by atoms with E-state index in [1.165, 1.54) is 0 Å². The fourth-order valence-corrected chi connectivity index (χ4v) is 3.64. The molecule has 0 spiro atoms. The molecule has 7 nitrogen and oxygen atoms in total. The Morgan fingerprint density at radius 1 is 1.32 bits per heavy atom. The maximum Gasteiger partial charge on any atom is 0.269 e. The molecule has 3 aromatic rings. The maximum absolute atomic E-state index is 12.5. The molecule has 1 aliphatic heterocycles. The van der Waals surface area contributed by atoms with Crippen molar-refractivity contribution in [3.8, 4) is 22.9 Å². The number of fused-ring (bicyclic) bond motifs is 1. The Kier molecular flexibility index (Phi) is 5.83. The highest BCUT2D eigenvalue weighted by Crippen LogP contribution is 2.34. The number of nitrogens with two attached hydrogens (primary N) is 1. The molecule has 1 amide bonds. The minimum absolute atomic E-state index is 0.0820. The SMILES string of the molecule is CN/C(=C\CN)C(=O)N1CC(Oc2cc(-c3cccc(C#N)c3)cc3ccncc23)C1. The molecule has 31 heavy (non-hydrogen) atoms. The lowest BCUT2D eigenvalue weighted by Crippen LogP contribution is -2.57. The number of aromatic nitrogens is 1. The molecule has 7 heteroatoms. The van der Waals surface area contributed by atoms with E-state index in [9.17, 15) is 10.1 Å². The van der Waals surface area contributed by atoms with Crippen molar-refractivity contribution in [3.63, 3.8) is 0 Å². The van der Waals surface area contributed by atoms with Crippen LogP contribution in [-0.4, -0.2) is 48.6 Å². The standard InChI is InChI=1S/C24H23N5O2/c1-27-22(5-7-25)24(30)29-14-20(15-29)31-23-11-19(10-18-6-8-28-13-21(18)23)17-4-2-3-16(9-17)12-26/h2-6,8-11,13,20,27H,7,14-15,25H2,1H3/b22-5-. The normalized spacial score (nSPS) is 14.1. The van der Waals surface area contributed by atoms with Crippen molar-refractivity contribution < 1.29 is 9.53 Å². The monoisotopic (exact) mass is 413 g/mol. The van der Waals surface area contributed by atoms with Gasteiger partial charge in [-0.3, -0.25) is 9.78 Å². The van der Waals surface area contributed by atoms with Crippen molar-refractivity contribution in [1.29, 1.82) is 5.26 Å². The van der Waals surface area contributed by atoms with Crippen molar-refractivity contribution >= 4 is 16.7 Å². The summed E-state index contributed by atoms with van der Waals surface area (Å²) in [6, 6.07) is 15.6. The summed E-state index contributed by atoms with van der Waals surface area (Å²) in [4.78, 5) is 18.5. The van der Waals surface area contributed by atoms with Crippen LogP contribution in [0.1, 0.15) is 5.56 Å². The number of hydrogen-bond donors (Lipinski definition) is 2. The van der Waals surface area contributed by atoms with Gasteiger partial charge < -0.3 is 20.7 Å². The second-order valence-corrected chi connectivity index (χ2v) is 7.32. The van der Waals surface area contributed by atoms with E-state index in [1.807, 2.05) is 30.3 Å². The van der Waals surface area contributed by atoms with Gasteiger partial charge in [-0.05, 0) is 52.9 Å². The molecule has 2 heterocycles. The smallest absolute Gasteiger partial charge is 0.269 e. The van der Waals surface area contributed by atoms with Crippen LogP contribution in [0.2, 0.25) is 0 Å². The summed E-state index contributed by atoms with van der Waals surface area (Å²) in [5, 5.41) is 14.0. The summed E-state index contributed by atoms with van der Waals surface area (Å²) < 4.78 is 6.27. The summed E-state index contributed by atoms with van der Waals surface area (Å²) in [5.74, 6) is 0.632. The molecule has 0 unspecified atom stereocenters. The number of likely N-dealkylation sites (tertiary alicyclic amines) is 1. The molecule has 3 N–H and O–H groups in total. The van der Waals surface area contributed by atoms with Crippen LogP contribution in [0.15, 0.2) is 66.6 Å². The van der Waals surface area contributed by atoms with Crippen LogP contribution in [0.4, 0.5) is 0 Å². The summed E-state index contributed by atoms with van der Waals surface area (Å²) in [6.07, 6.45) is 5.09. The molecular formula is C24H23N5O2. The zero-order valence-corrected chi connectivity index (χ0v) is 17.2. The number of amides is 1. The van der Waals surface area contributed by atoms with Gasteiger partial charge in [-0.1, -0.05) is 12.1 Å². The largest absolute Gasteiger partial charge is 0.486 e. The third-order valence-electron chi connectivity index (χ3n) is 5.29. The quantitative estimate of drug-likeness (QED) is 0.602. The summed E-state index contributed by atoms with van der Waals surface area (Å²) >= 11 is 0. The number of carbonyl (C=O) groups excluding carboxylic acids is 1. The zero-order valence-electron chi connectivity index (χ0n) is 17.2. The van der Waals surface area contributed by atoms with E-state index < -0.39 is 0 Å². The van der Waals surface area contributed by atoms with E-state index in [0.717, 1.165) is 21.9 Å². The van der Waals surface area contributed by atoms with E-state index in [2.05, 4.69) is 22.4 Å². The molecular weight excluding hydrogens is 390 g/mol. The first-order chi connectivity index (χ1) is 15.1. The molecule has 4 rings (SSSR count). The lowest BCUT2D eigenvalue weighted by molar-refractivity contribution is -0.136. The van der Waals surface area contributed by atoms with Crippen LogP contribution in [-0.2, 0) is 4.79 Å². The molecule has 0 radical (unpaired) electrons. The number of nitrogens with zero attached hydrogens (tertiary/aromatic N) is 3. The molecule has 2 aromatic carbocycles. The highest BCUT2D eigenvalue weighted by atomic mass is 16.5. The van der Waals surface area contributed by atoms with Crippen molar-refractivity contribution in [3.05, 3.63) is 72.2 Å². The number of nitrogens with one attached hydrogen (secondary N) is 1. The first-order valence-corrected chi connectivity index (χ1v) is 10.0. The van der Waals surface area contributed by atoms with E-state index in [0.29, 0.717) is 36.6 Å². The van der Waals surface area contributed by atoms with Crippen LogP contribution in [0, 0.1) is 11.3 Å². The Morgan fingerprint density at radius 3 is 2.90 bits per heavy atom. The molecule has 0 saturated carbocycles. The minimum atomic E-state index is -0.107. The Hall–Kier alpha value is -3.89. The highest BCUT2D eigenvalue weighted by molar-refractivity contribution is 5.94. The first kappa shape index (κ1) is 20.4. The fourth-order valence-electron chi connectivity index (χ4n) is 3.64. The molecule has 0 aliphatic carbocycles. The Labute approximate surface area is 180 Å². The number of likely N-dealkylation sites (N-methyl/N-ethyl adjacent to an activating group) is 1. The van der Waals surface area contributed by atoms with Gasteiger partial charge in [0, 0.05) is 31.4 Å². The van der Waals surface area contributed by atoms with Gasteiger partial charge in [0.25, 0.3) is 5.91 Å². The maximum atomic E-state index is 12.5. The fraction of sp³-hybridized carbons (Fsp3) is 0.208. The number of carbonyl (C=O) groups is 1. The summed E-state index contributed by atoms with van der Waals surface area (Å²) in [5.41, 5.74) is 8.53. The number of nitriles is 1. The van der Waals surface area contributed by atoms with Gasteiger partial charge in [-0.15, -0.1) is 0 Å². The van der Waals surface area contributed by atoms with Gasteiger partial charge in [0.15, 0.2) is 0 Å². The first-order valence-electron chi connectivity index (χ1n) is 10.0. The van der Waals surface area contributed by atoms with Crippen LogP contribution in [0.5, 0.6) is 5.75 Å². The summed E-state index contributed by atoms with van der Waals surface area (Å²) in [7, 11) is 1.71. The Bertz CT molecular complexity index is 1190. The average Bonchev–Trinajstić information content (AvgIpc) is 2.78. The van der Waals surface area contributed by atoms with Gasteiger partial charge >= 0.3 is 0 Å². The molecule has 0 atom stereocenters. The van der Waals surface area contributed by atoms with E-state index in [1.54, 1.807) is 36.5 Å². The van der Waals surface area contributed by atoms with Crippen molar-refractivity contribution in [2.45, 2.75) is 6.10 Å². The number of pyridine rings is 1. The number of ether oxygens (including phenoxy) is 1. The van der Waals surface area contributed by atoms with Gasteiger partial charge in [-0.2, -0.15) is 5.26 Å². The predicted molar refractivity (Wildman–Crippen MR) is 119 cm³/mol. The third-order valence-corrected chi connectivity index (χ3v) is 5.29. The van der Waals surface area contributed by atoms with E-state index in [4.69, 9.17) is 10.5 Å². The second-order valence-electron chi connectivity index (χ2n) is 7.32. The predicted octanol–water partition coefficient (Wildman–Crippen LogP) is 2.43. The molecule has 156 valence electrons. The van der Waals surface area contributed by atoms with Gasteiger partial charge in [0.1, 0.15) is 11.9 Å². The van der Waals surface area contributed by atoms with Gasteiger partial charge in [0.2, 0.25) is 0 Å². The van der Waals surface area contributed by atoms with Crippen LogP contribution >= 0.6 is 0 Å². The third kappa shape index (κ3) is 4.20. The number of benzene rings is 2. The molecule has 1 fully saturated rings. The van der Waals surface area contributed by atoms with Crippen molar-refractivity contribution in [2.24, 2.45) is 5.73 Å². The van der Waals surface area contributed by atoms with Gasteiger partial charge in [0.05, 0.1) is 30.4 Å². The van der Waals surface area contributed by atoms with E-state index in [-0.39, 0.29) is 12.0 Å². The van der Waals surface area contributed by atoms with Crippen molar-refractivity contribution in [2.75, 3.05) is 26.7 Å². The minimum Gasteiger partial charge on any atom is -0.486 e.